The molecule has 1 unspecified atom stereocenters. The predicted octanol–water partition coefficient (Wildman–Crippen LogP) is 3.08. The first-order chi connectivity index (χ1) is 7.18. The normalized spacial score (nSPS) is 27.2. The fraction of sp³-hybridized carbons (Fsp3) is 1.00. The molecular formula is C12H23ClO2. The average molecular weight is 235 g/mol. The minimum Gasteiger partial charge on any atom is -0.381 e. The maximum Gasteiger partial charge on any atom is 0.0534 e. The van der Waals surface area contributed by atoms with Crippen molar-refractivity contribution in [3.05, 3.63) is 0 Å². The highest BCUT2D eigenvalue weighted by molar-refractivity contribution is 6.18. The Morgan fingerprint density at radius 2 is 2.27 bits per heavy atom. The molecule has 0 aliphatic carbocycles. The lowest BCUT2D eigenvalue weighted by molar-refractivity contribution is -0.0179. The first kappa shape index (κ1) is 13.3. The van der Waals surface area contributed by atoms with Crippen LogP contribution in [0.1, 0.15) is 33.1 Å². The van der Waals surface area contributed by atoms with Crippen LogP contribution in [-0.4, -0.2) is 32.3 Å². The van der Waals surface area contributed by atoms with E-state index in [0.29, 0.717) is 11.8 Å². The fourth-order valence-corrected chi connectivity index (χ4v) is 2.23. The van der Waals surface area contributed by atoms with E-state index in [1.54, 1.807) is 0 Å². The van der Waals surface area contributed by atoms with E-state index in [9.17, 15) is 0 Å². The zero-order valence-corrected chi connectivity index (χ0v) is 10.7. The first-order valence-electron chi connectivity index (χ1n) is 5.90. The lowest BCUT2D eigenvalue weighted by Crippen LogP contribution is -2.34. The van der Waals surface area contributed by atoms with Gasteiger partial charge in [0.05, 0.1) is 6.61 Å². The van der Waals surface area contributed by atoms with Crippen molar-refractivity contribution in [1.82, 2.24) is 0 Å². The standard InChI is InChI=1S/C12H23ClO2/c1-11(2)8-14-7-5-12(9-13)4-3-6-15-10-12/h11H,3-10H2,1-2H3. The third kappa shape index (κ3) is 4.71. The molecule has 1 atom stereocenters. The predicted molar refractivity (Wildman–Crippen MR) is 63.5 cm³/mol. The van der Waals surface area contributed by atoms with Crippen LogP contribution in [0, 0.1) is 11.3 Å². The van der Waals surface area contributed by atoms with E-state index in [1.807, 2.05) is 0 Å². The SMILES string of the molecule is CC(C)COCCC1(CCl)CCCOC1. The van der Waals surface area contributed by atoms with Crippen molar-refractivity contribution < 1.29 is 9.47 Å². The second-order valence-electron chi connectivity index (χ2n) is 5.01. The third-order valence-corrected chi connectivity index (χ3v) is 3.48. The quantitative estimate of drug-likeness (QED) is 0.520. The number of hydrogen-bond donors (Lipinski definition) is 0. The van der Waals surface area contributed by atoms with Crippen molar-refractivity contribution in [2.45, 2.75) is 33.1 Å². The van der Waals surface area contributed by atoms with Crippen LogP contribution in [-0.2, 0) is 9.47 Å². The molecule has 0 aromatic rings. The number of hydrogen-bond acceptors (Lipinski definition) is 2. The minimum absolute atomic E-state index is 0.177. The zero-order chi connectivity index (χ0) is 11.1. The van der Waals surface area contributed by atoms with Crippen LogP contribution >= 0.6 is 11.6 Å². The molecule has 0 aromatic carbocycles. The maximum atomic E-state index is 6.04. The van der Waals surface area contributed by atoms with Gasteiger partial charge in [-0.15, -0.1) is 11.6 Å². The second kappa shape index (κ2) is 6.72. The summed E-state index contributed by atoms with van der Waals surface area (Å²) in [6.07, 6.45) is 3.35. The van der Waals surface area contributed by atoms with Crippen LogP contribution in [0.3, 0.4) is 0 Å². The average Bonchev–Trinajstić information content (AvgIpc) is 2.26. The van der Waals surface area contributed by atoms with Crippen LogP contribution in [0.15, 0.2) is 0 Å². The molecule has 0 amide bonds. The molecular weight excluding hydrogens is 212 g/mol. The molecule has 0 spiro atoms. The summed E-state index contributed by atoms with van der Waals surface area (Å²) < 4.78 is 11.1. The molecule has 0 saturated carbocycles. The minimum atomic E-state index is 0.177. The van der Waals surface area contributed by atoms with Crippen molar-refractivity contribution >= 4 is 11.6 Å². The van der Waals surface area contributed by atoms with Crippen LogP contribution in [0.2, 0.25) is 0 Å². The van der Waals surface area contributed by atoms with Gasteiger partial charge in [-0.05, 0) is 25.2 Å². The van der Waals surface area contributed by atoms with Crippen molar-refractivity contribution in [3.63, 3.8) is 0 Å². The molecule has 1 aliphatic rings. The van der Waals surface area contributed by atoms with Crippen LogP contribution in [0.5, 0.6) is 0 Å². The highest BCUT2D eigenvalue weighted by Gasteiger charge is 2.31. The number of alkyl halides is 1. The van der Waals surface area contributed by atoms with Gasteiger partial charge < -0.3 is 9.47 Å². The van der Waals surface area contributed by atoms with Gasteiger partial charge in [0.15, 0.2) is 0 Å². The summed E-state index contributed by atoms with van der Waals surface area (Å²) in [6, 6.07) is 0. The molecule has 1 aliphatic heterocycles. The van der Waals surface area contributed by atoms with Crippen LogP contribution in [0.4, 0.5) is 0 Å². The highest BCUT2D eigenvalue weighted by atomic mass is 35.5. The Balaban J connectivity index is 2.20. The molecule has 0 bridgehead atoms. The Hall–Kier alpha value is 0.210. The lowest BCUT2D eigenvalue weighted by Gasteiger charge is -2.35. The van der Waals surface area contributed by atoms with E-state index in [-0.39, 0.29) is 5.41 Å². The van der Waals surface area contributed by atoms with Crippen LogP contribution in [0.25, 0.3) is 0 Å². The molecule has 0 radical (unpaired) electrons. The third-order valence-electron chi connectivity index (χ3n) is 2.92. The van der Waals surface area contributed by atoms with Crippen LogP contribution < -0.4 is 0 Å². The molecule has 15 heavy (non-hydrogen) atoms. The molecule has 1 fully saturated rings. The summed E-state index contributed by atoms with van der Waals surface area (Å²) in [5.74, 6) is 1.30. The second-order valence-corrected chi connectivity index (χ2v) is 5.28. The Kier molecular flexibility index (Phi) is 5.95. The van der Waals surface area contributed by atoms with E-state index in [4.69, 9.17) is 21.1 Å². The van der Waals surface area contributed by atoms with Crippen molar-refractivity contribution in [2.24, 2.45) is 11.3 Å². The molecule has 0 aromatic heterocycles. The topological polar surface area (TPSA) is 18.5 Å². The lowest BCUT2D eigenvalue weighted by atomic mass is 9.82. The Bertz CT molecular complexity index is 165. The maximum absolute atomic E-state index is 6.04. The van der Waals surface area contributed by atoms with E-state index >= 15 is 0 Å². The first-order valence-corrected chi connectivity index (χ1v) is 6.43. The van der Waals surface area contributed by atoms with E-state index in [2.05, 4.69) is 13.8 Å². The van der Waals surface area contributed by atoms with E-state index < -0.39 is 0 Å². The van der Waals surface area contributed by atoms with Gasteiger partial charge in [-0.1, -0.05) is 13.8 Å². The van der Waals surface area contributed by atoms with Crippen molar-refractivity contribution in [2.75, 3.05) is 32.3 Å². The largest absolute Gasteiger partial charge is 0.381 e. The molecule has 1 rings (SSSR count). The van der Waals surface area contributed by atoms with Gasteiger partial charge in [-0.2, -0.15) is 0 Å². The zero-order valence-electron chi connectivity index (χ0n) is 9.93. The molecule has 0 N–H and O–H groups in total. The monoisotopic (exact) mass is 234 g/mol. The molecule has 3 heteroatoms. The highest BCUT2D eigenvalue weighted by Crippen LogP contribution is 2.33. The number of ether oxygens (including phenoxy) is 2. The van der Waals surface area contributed by atoms with Gasteiger partial charge in [-0.3, -0.25) is 0 Å². The van der Waals surface area contributed by atoms with Gasteiger partial charge in [0, 0.05) is 31.1 Å². The Morgan fingerprint density at radius 1 is 1.47 bits per heavy atom. The van der Waals surface area contributed by atoms with Gasteiger partial charge in [0.2, 0.25) is 0 Å². The number of rotatable bonds is 6. The van der Waals surface area contributed by atoms with Gasteiger partial charge in [0.25, 0.3) is 0 Å². The Morgan fingerprint density at radius 3 is 2.80 bits per heavy atom. The van der Waals surface area contributed by atoms with Gasteiger partial charge in [0.1, 0.15) is 0 Å². The molecule has 90 valence electrons. The Labute approximate surface area is 98.3 Å². The summed E-state index contributed by atoms with van der Waals surface area (Å²) in [4.78, 5) is 0. The fourth-order valence-electron chi connectivity index (χ4n) is 1.89. The summed E-state index contributed by atoms with van der Waals surface area (Å²) in [7, 11) is 0. The molecule has 2 nitrogen and oxygen atoms in total. The smallest absolute Gasteiger partial charge is 0.0534 e. The van der Waals surface area contributed by atoms with E-state index in [0.717, 1.165) is 39.3 Å². The molecule has 1 heterocycles. The van der Waals surface area contributed by atoms with Gasteiger partial charge >= 0.3 is 0 Å². The van der Waals surface area contributed by atoms with Crippen molar-refractivity contribution in [3.8, 4) is 0 Å². The summed E-state index contributed by atoms with van der Waals surface area (Å²) in [5.41, 5.74) is 0.177. The van der Waals surface area contributed by atoms with Crippen molar-refractivity contribution in [1.29, 1.82) is 0 Å². The number of halogens is 1. The molecule has 1 saturated heterocycles. The summed E-state index contributed by atoms with van der Waals surface area (Å²) >= 11 is 6.04. The summed E-state index contributed by atoms with van der Waals surface area (Å²) in [6.45, 7) is 7.70. The summed E-state index contributed by atoms with van der Waals surface area (Å²) in [5, 5.41) is 0. The van der Waals surface area contributed by atoms with Gasteiger partial charge in [-0.25, -0.2) is 0 Å². The van der Waals surface area contributed by atoms with E-state index in [1.165, 1.54) is 6.42 Å².